The third kappa shape index (κ3) is 3.79. The lowest BCUT2D eigenvalue weighted by atomic mass is 10.0. The van der Waals surface area contributed by atoms with Crippen LogP contribution in [0.3, 0.4) is 0 Å². The van der Waals surface area contributed by atoms with Gasteiger partial charge in [0.15, 0.2) is 15.6 Å². The Bertz CT molecular complexity index is 727. The summed E-state index contributed by atoms with van der Waals surface area (Å²) < 4.78 is 22.8. The van der Waals surface area contributed by atoms with Gasteiger partial charge in [-0.1, -0.05) is 37.6 Å². The average Bonchev–Trinajstić information content (AvgIpc) is 2.47. The van der Waals surface area contributed by atoms with Crippen LogP contribution in [-0.2, 0) is 16.3 Å². The molecule has 2 aromatic carbocycles. The molecule has 0 saturated heterocycles. The summed E-state index contributed by atoms with van der Waals surface area (Å²) >= 11 is 0. The van der Waals surface area contributed by atoms with Crippen LogP contribution in [0.25, 0.3) is 0 Å². The maximum Gasteiger partial charge on any atom is 0.193 e. The lowest BCUT2D eigenvalue weighted by molar-refractivity contribution is 0.103. The molecule has 0 amide bonds. The molecule has 2 aromatic rings. The summed E-state index contributed by atoms with van der Waals surface area (Å²) in [4.78, 5) is 12.5. The molecule has 21 heavy (non-hydrogen) atoms. The van der Waals surface area contributed by atoms with Crippen LogP contribution in [0.5, 0.6) is 0 Å². The van der Waals surface area contributed by atoms with E-state index in [0.717, 1.165) is 19.1 Å². The normalized spacial score (nSPS) is 11.3. The first-order valence-corrected chi connectivity index (χ1v) is 8.74. The van der Waals surface area contributed by atoms with Gasteiger partial charge >= 0.3 is 0 Å². The number of benzene rings is 2. The van der Waals surface area contributed by atoms with Crippen molar-refractivity contribution in [1.29, 1.82) is 0 Å². The Morgan fingerprint density at radius 2 is 1.38 bits per heavy atom. The molecular weight excluding hydrogens is 284 g/mol. The van der Waals surface area contributed by atoms with E-state index in [1.165, 1.54) is 17.7 Å². The number of hydrogen-bond acceptors (Lipinski definition) is 3. The van der Waals surface area contributed by atoms with Gasteiger partial charge in [0.1, 0.15) is 0 Å². The Balaban J connectivity index is 2.23. The second kappa shape index (κ2) is 6.22. The van der Waals surface area contributed by atoms with E-state index >= 15 is 0 Å². The fraction of sp³-hybridized carbons (Fsp3) is 0.235. The molecule has 0 atom stereocenters. The Kier molecular flexibility index (Phi) is 4.58. The number of rotatable bonds is 5. The molecule has 0 heterocycles. The lowest BCUT2D eigenvalue weighted by Gasteiger charge is -2.04. The van der Waals surface area contributed by atoms with Crippen molar-refractivity contribution >= 4 is 15.6 Å². The van der Waals surface area contributed by atoms with Crippen LogP contribution in [0, 0.1) is 0 Å². The number of aryl methyl sites for hydroxylation is 1. The Morgan fingerprint density at radius 3 is 1.81 bits per heavy atom. The first kappa shape index (κ1) is 15.4. The van der Waals surface area contributed by atoms with Gasteiger partial charge in [-0.15, -0.1) is 0 Å². The zero-order valence-corrected chi connectivity index (χ0v) is 13.0. The van der Waals surface area contributed by atoms with Crippen LogP contribution in [0.1, 0.15) is 34.8 Å². The van der Waals surface area contributed by atoms with Crippen molar-refractivity contribution in [2.45, 2.75) is 24.7 Å². The summed E-state index contributed by atoms with van der Waals surface area (Å²) in [7, 11) is -3.23. The molecule has 0 N–H and O–H groups in total. The number of ketones is 1. The number of carbonyl (C=O) groups excluding carboxylic acids is 1. The Labute approximate surface area is 125 Å². The zero-order valence-electron chi connectivity index (χ0n) is 12.2. The van der Waals surface area contributed by atoms with E-state index in [-0.39, 0.29) is 10.7 Å². The largest absolute Gasteiger partial charge is 0.289 e. The summed E-state index contributed by atoms with van der Waals surface area (Å²) in [6.07, 6.45) is 3.22. The van der Waals surface area contributed by atoms with Crippen molar-refractivity contribution in [2.75, 3.05) is 6.26 Å². The van der Waals surface area contributed by atoms with E-state index < -0.39 is 9.84 Å². The van der Waals surface area contributed by atoms with Gasteiger partial charge < -0.3 is 0 Å². The first-order chi connectivity index (χ1) is 9.91. The van der Waals surface area contributed by atoms with Gasteiger partial charge in [0.25, 0.3) is 0 Å². The van der Waals surface area contributed by atoms with E-state index in [9.17, 15) is 13.2 Å². The molecule has 3 nitrogen and oxygen atoms in total. The Hall–Kier alpha value is -1.94. The van der Waals surface area contributed by atoms with Crippen molar-refractivity contribution in [3.8, 4) is 0 Å². The number of hydrogen-bond donors (Lipinski definition) is 0. The second-order valence-electron chi connectivity index (χ2n) is 5.07. The molecule has 0 bridgehead atoms. The van der Waals surface area contributed by atoms with Gasteiger partial charge in [-0.05, 0) is 36.2 Å². The molecular formula is C17H18O3S. The molecule has 0 aromatic heterocycles. The molecule has 0 spiro atoms. The third-order valence-electron chi connectivity index (χ3n) is 3.30. The highest BCUT2D eigenvalue weighted by Crippen LogP contribution is 2.15. The average molecular weight is 302 g/mol. The van der Waals surface area contributed by atoms with Crippen molar-refractivity contribution in [3.05, 3.63) is 65.2 Å². The quantitative estimate of drug-likeness (QED) is 0.796. The van der Waals surface area contributed by atoms with Crippen LogP contribution in [0.15, 0.2) is 53.4 Å². The summed E-state index contributed by atoms with van der Waals surface area (Å²) in [6, 6.07) is 13.6. The molecule has 0 aliphatic heterocycles. The van der Waals surface area contributed by atoms with Crippen molar-refractivity contribution in [2.24, 2.45) is 0 Å². The standard InChI is InChI=1S/C17H18O3S/c1-3-4-13-5-7-14(8-6-13)17(18)15-9-11-16(12-10-15)21(2,19)20/h5-12H,3-4H2,1-2H3. The van der Waals surface area contributed by atoms with Crippen LogP contribution in [0.2, 0.25) is 0 Å². The molecule has 0 unspecified atom stereocenters. The molecule has 0 saturated carbocycles. The van der Waals surface area contributed by atoms with E-state index in [2.05, 4.69) is 6.92 Å². The van der Waals surface area contributed by atoms with Gasteiger partial charge in [-0.25, -0.2) is 8.42 Å². The highest BCUT2D eigenvalue weighted by atomic mass is 32.2. The molecule has 0 aliphatic rings. The summed E-state index contributed by atoms with van der Waals surface area (Å²) in [6.45, 7) is 2.11. The maximum absolute atomic E-state index is 12.3. The van der Waals surface area contributed by atoms with Crippen LogP contribution >= 0.6 is 0 Å². The van der Waals surface area contributed by atoms with Gasteiger partial charge in [-0.3, -0.25) is 4.79 Å². The number of sulfone groups is 1. The minimum Gasteiger partial charge on any atom is -0.289 e. The lowest BCUT2D eigenvalue weighted by Crippen LogP contribution is -2.03. The second-order valence-corrected chi connectivity index (χ2v) is 7.09. The molecule has 4 heteroatoms. The monoisotopic (exact) mass is 302 g/mol. The smallest absolute Gasteiger partial charge is 0.193 e. The zero-order chi connectivity index (χ0) is 15.5. The highest BCUT2D eigenvalue weighted by Gasteiger charge is 2.11. The molecule has 0 aliphatic carbocycles. The van der Waals surface area contributed by atoms with E-state index in [4.69, 9.17) is 0 Å². The minimum atomic E-state index is -3.23. The predicted octanol–water partition coefficient (Wildman–Crippen LogP) is 3.27. The van der Waals surface area contributed by atoms with Gasteiger partial charge in [0.2, 0.25) is 0 Å². The molecule has 110 valence electrons. The van der Waals surface area contributed by atoms with Crippen LogP contribution in [0.4, 0.5) is 0 Å². The minimum absolute atomic E-state index is 0.0990. The summed E-state index contributed by atoms with van der Waals surface area (Å²) in [5, 5.41) is 0. The molecule has 0 fully saturated rings. The topological polar surface area (TPSA) is 51.2 Å². The first-order valence-electron chi connectivity index (χ1n) is 6.85. The SMILES string of the molecule is CCCc1ccc(C(=O)c2ccc(S(C)(=O)=O)cc2)cc1. The van der Waals surface area contributed by atoms with Crippen LogP contribution < -0.4 is 0 Å². The summed E-state index contributed by atoms with van der Waals surface area (Å²) in [5.74, 6) is -0.0990. The highest BCUT2D eigenvalue weighted by molar-refractivity contribution is 7.90. The van der Waals surface area contributed by atoms with Crippen molar-refractivity contribution in [1.82, 2.24) is 0 Å². The van der Waals surface area contributed by atoms with Gasteiger partial charge in [0, 0.05) is 17.4 Å². The number of carbonyl (C=O) groups is 1. The van der Waals surface area contributed by atoms with E-state index in [1.807, 2.05) is 24.3 Å². The van der Waals surface area contributed by atoms with Gasteiger partial charge in [-0.2, -0.15) is 0 Å². The fourth-order valence-corrected chi connectivity index (χ4v) is 2.76. The molecule has 2 rings (SSSR count). The predicted molar refractivity (Wildman–Crippen MR) is 83.4 cm³/mol. The van der Waals surface area contributed by atoms with E-state index in [0.29, 0.717) is 11.1 Å². The maximum atomic E-state index is 12.3. The van der Waals surface area contributed by atoms with Crippen molar-refractivity contribution < 1.29 is 13.2 Å². The van der Waals surface area contributed by atoms with Crippen molar-refractivity contribution in [3.63, 3.8) is 0 Å². The summed E-state index contributed by atoms with van der Waals surface area (Å²) in [5.41, 5.74) is 2.31. The third-order valence-corrected chi connectivity index (χ3v) is 4.43. The van der Waals surface area contributed by atoms with Crippen LogP contribution in [-0.4, -0.2) is 20.5 Å². The van der Waals surface area contributed by atoms with E-state index in [1.54, 1.807) is 12.1 Å². The fourth-order valence-electron chi connectivity index (χ4n) is 2.13. The molecule has 0 radical (unpaired) electrons. The Morgan fingerprint density at radius 1 is 0.905 bits per heavy atom. The van der Waals surface area contributed by atoms with Gasteiger partial charge in [0.05, 0.1) is 4.90 Å².